The molecule has 2 aromatic carbocycles. The summed E-state index contributed by atoms with van der Waals surface area (Å²) < 4.78 is 15.7. The second kappa shape index (κ2) is 8.92. The van der Waals surface area contributed by atoms with Crippen LogP contribution in [0.3, 0.4) is 0 Å². The van der Waals surface area contributed by atoms with Gasteiger partial charge in [0.25, 0.3) is 5.91 Å². The van der Waals surface area contributed by atoms with Crippen molar-refractivity contribution in [2.45, 2.75) is 6.92 Å². The van der Waals surface area contributed by atoms with Gasteiger partial charge in [-0.2, -0.15) is 0 Å². The topological polar surface area (TPSA) is 94.6 Å². The van der Waals surface area contributed by atoms with Crippen LogP contribution in [0.25, 0.3) is 0 Å². The molecule has 1 amide bonds. The number of anilines is 3. The first-order chi connectivity index (χ1) is 14.0. The third-order valence-electron chi connectivity index (χ3n) is 4.07. The lowest BCUT2D eigenvalue weighted by Crippen LogP contribution is -2.16. The van der Waals surface area contributed by atoms with E-state index >= 15 is 0 Å². The van der Waals surface area contributed by atoms with Crippen molar-refractivity contribution in [3.05, 3.63) is 59.9 Å². The highest BCUT2D eigenvalue weighted by molar-refractivity contribution is 6.04. The van der Waals surface area contributed by atoms with Crippen molar-refractivity contribution in [1.29, 1.82) is 0 Å². The zero-order valence-corrected chi connectivity index (χ0v) is 16.6. The zero-order valence-electron chi connectivity index (χ0n) is 16.6. The van der Waals surface area contributed by atoms with Gasteiger partial charge >= 0.3 is 0 Å². The van der Waals surface area contributed by atoms with Gasteiger partial charge in [0, 0.05) is 23.5 Å². The summed E-state index contributed by atoms with van der Waals surface area (Å²) in [5, 5.41) is 5.90. The largest absolute Gasteiger partial charge is 0.497 e. The Morgan fingerprint density at radius 3 is 2.38 bits per heavy atom. The van der Waals surface area contributed by atoms with Gasteiger partial charge in [-0.25, -0.2) is 9.97 Å². The van der Waals surface area contributed by atoms with E-state index in [1.165, 1.54) is 7.11 Å². The number of methoxy groups -OCH3 is 3. The SMILES string of the molecule is COc1cccc(Nc2nc(C)cc(C(=O)Nc3ccc(OC)cc3OC)n2)c1. The van der Waals surface area contributed by atoms with Crippen molar-refractivity contribution in [2.75, 3.05) is 32.0 Å². The quantitative estimate of drug-likeness (QED) is 0.629. The minimum Gasteiger partial charge on any atom is -0.497 e. The molecule has 0 atom stereocenters. The fraction of sp³-hybridized carbons (Fsp3) is 0.190. The van der Waals surface area contributed by atoms with E-state index in [2.05, 4.69) is 20.6 Å². The monoisotopic (exact) mass is 394 g/mol. The number of carbonyl (C=O) groups excluding carboxylic acids is 1. The van der Waals surface area contributed by atoms with Gasteiger partial charge in [0.1, 0.15) is 22.9 Å². The average Bonchev–Trinajstić information content (AvgIpc) is 2.73. The number of hydrogen-bond donors (Lipinski definition) is 2. The molecule has 2 N–H and O–H groups in total. The van der Waals surface area contributed by atoms with Crippen LogP contribution in [0.4, 0.5) is 17.3 Å². The molecule has 0 unspecified atom stereocenters. The van der Waals surface area contributed by atoms with Gasteiger partial charge < -0.3 is 24.8 Å². The Bertz CT molecular complexity index is 1020. The molecular formula is C21H22N4O4. The highest BCUT2D eigenvalue weighted by atomic mass is 16.5. The summed E-state index contributed by atoms with van der Waals surface area (Å²) in [6, 6.07) is 14.1. The molecule has 1 aromatic heterocycles. The summed E-state index contributed by atoms with van der Waals surface area (Å²) in [6.45, 7) is 1.79. The third kappa shape index (κ3) is 4.92. The van der Waals surface area contributed by atoms with Crippen molar-refractivity contribution in [3.63, 3.8) is 0 Å². The van der Waals surface area contributed by atoms with Gasteiger partial charge in [0.15, 0.2) is 0 Å². The van der Waals surface area contributed by atoms with E-state index in [1.54, 1.807) is 45.4 Å². The molecule has 0 spiro atoms. The van der Waals surface area contributed by atoms with Crippen molar-refractivity contribution >= 4 is 23.2 Å². The summed E-state index contributed by atoms with van der Waals surface area (Å²) in [7, 11) is 4.68. The number of nitrogens with zero attached hydrogens (tertiary/aromatic N) is 2. The van der Waals surface area contributed by atoms with E-state index in [-0.39, 0.29) is 11.6 Å². The summed E-state index contributed by atoms with van der Waals surface area (Å²) in [5.74, 6) is 1.74. The Morgan fingerprint density at radius 1 is 0.897 bits per heavy atom. The van der Waals surface area contributed by atoms with Crippen molar-refractivity contribution in [3.8, 4) is 17.2 Å². The first-order valence-electron chi connectivity index (χ1n) is 8.82. The van der Waals surface area contributed by atoms with E-state index in [0.29, 0.717) is 34.6 Å². The summed E-state index contributed by atoms with van der Waals surface area (Å²) in [5.41, 5.74) is 2.13. The van der Waals surface area contributed by atoms with E-state index in [0.717, 1.165) is 5.69 Å². The molecule has 0 saturated carbocycles. The van der Waals surface area contributed by atoms with E-state index in [1.807, 2.05) is 24.3 Å². The Kier molecular flexibility index (Phi) is 6.13. The lowest BCUT2D eigenvalue weighted by Gasteiger charge is -2.12. The lowest BCUT2D eigenvalue weighted by atomic mass is 10.2. The summed E-state index contributed by atoms with van der Waals surface area (Å²) >= 11 is 0. The maximum absolute atomic E-state index is 12.8. The van der Waals surface area contributed by atoms with Crippen LogP contribution < -0.4 is 24.8 Å². The molecule has 0 radical (unpaired) electrons. The number of rotatable bonds is 7. The van der Waals surface area contributed by atoms with Gasteiger partial charge in [-0.05, 0) is 37.3 Å². The van der Waals surface area contributed by atoms with E-state index in [4.69, 9.17) is 14.2 Å². The minimum atomic E-state index is -0.382. The molecule has 0 aliphatic carbocycles. The highest BCUT2D eigenvalue weighted by Gasteiger charge is 2.14. The van der Waals surface area contributed by atoms with Crippen molar-refractivity contribution in [1.82, 2.24) is 9.97 Å². The second-order valence-electron chi connectivity index (χ2n) is 6.10. The number of aryl methyl sites for hydroxylation is 1. The number of benzene rings is 2. The van der Waals surface area contributed by atoms with Gasteiger partial charge in [0.05, 0.1) is 27.0 Å². The molecule has 3 rings (SSSR count). The van der Waals surface area contributed by atoms with Crippen LogP contribution in [0.2, 0.25) is 0 Å². The molecule has 3 aromatic rings. The van der Waals surface area contributed by atoms with Crippen molar-refractivity contribution < 1.29 is 19.0 Å². The third-order valence-corrected chi connectivity index (χ3v) is 4.07. The fourth-order valence-electron chi connectivity index (χ4n) is 2.66. The normalized spacial score (nSPS) is 10.2. The number of hydrogen-bond acceptors (Lipinski definition) is 7. The van der Waals surface area contributed by atoms with Crippen LogP contribution >= 0.6 is 0 Å². The van der Waals surface area contributed by atoms with Crippen LogP contribution in [0, 0.1) is 6.92 Å². The molecule has 29 heavy (non-hydrogen) atoms. The van der Waals surface area contributed by atoms with Gasteiger partial charge in [-0.15, -0.1) is 0 Å². The molecule has 1 heterocycles. The number of carbonyl (C=O) groups is 1. The van der Waals surface area contributed by atoms with Gasteiger partial charge in [0.2, 0.25) is 5.95 Å². The maximum Gasteiger partial charge on any atom is 0.274 e. The summed E-state index contributed by atoms with van der Waals surface area (Å²) in [4.78, 5) is 21.4. The smallest absolute Gasteiger partial charge is 0.274 e. The maximum atomic E-state index is 12.8. The summed E-state index contributed by atoms with van der Waals surface area (Å²) in [6.07, 6.45) is 0. The molecule has 0 aliphatic heterocycles. The molecule has 0 aliphatic rings. The molecular weight excluding hydrogens is 372 g/mol. The molecule has 0 bridgehead atoms. The van der Waals surface area contributed by atoms with Gasteiger partial charge in [-0.3, -0.25) is 4.79 Å². The Balaban J connectivity index is 1.82. The Labute approximate surface area is 168 Å². The molecule has 8 heteroatoms. The van der Waals surface area contributed by atoms with Crippen LogP contribution in [0.15, 0.2) is 48.5 Å². The van der Waals surface area contributed by atoms with Crippen LogP contribution in [0.1, 0.15) is 16.2 Å². The Morgan fingerprint density at radius 2 is 1.66 bits per heavy atom. The first-order valence-corrected chi connectivity index (χ1v) is 8.82. The fourth-order valence-corrected chi connectivity index (χ4v) is 2.66. The predicted octanol–water partition coefficient (Wildman–Crippen LogP) is 3.81. The standard InChI is InChI=1S/C21H22N4O4/c1-13-10-18(20(26)24-17-9-8-16(28-3)12-19(17)29-4)25-21(22-13)23-14-6-5-7-15(11-14)27-2/h5-12H,1-4H3,(H,24,26)(H,22,23,25). The average molecular weight is 394 g/mol. The first kappa shape index (κ1) is 19.9. The lowest BCUT2D eigenvalue weighted by molar-refractivity contribution is 0.102. The molecule has 0 saturated heterocycles. The predicted molar refractivity (Wildman–Crippen MR) is 111 cm³/mol. The molecule has 8 nitrogen and oxygen atoms in total. The van der Waals surface area contributed by atoms with E-state index in [9.17, 15) is 4.79 Å². The molecule has 0 fully saturated rings. The zero-order chi connectivity index (χ0) is 20.8. The number of ether oxygens (including phenoxy) is 3. The molecule has 150 valence electrons. The highest BCUT2D eigenvalue weighted by Crippen LogP contribution is 2.29. The van der Waals surface area contributed by atoms with Gasteiger partial charge in [-0.1, -0.05) is 6.07 Å². The van der Waals surface area contributed by atoms with Crippen molar-refractivity contribution in [2.24, 2.45) is 0 Å². The number of nitrogens with one attached hydrogen (secondary N) is 2. The van der Waals surface area contributed by atoms with E-state index < -0.39 is 0 Å². The Hall–Kier alpha value is -3.81. The van der Waals surface area contributed by atoms with Crippen LogP contribution in [0.5, 0.6) is 17.2 Å². The number of aromatic nitrogens is 2. The van der Waals surface area contributed by atoms with Crippen LogP contribution in [-0.4, -0.2) is 37.2 Å². The second-order valence-corrected chi connectivity index (χ2v) is 6.10. The van der Waals surface area contributed by atoms with Crippen LogP contribution in [-0.2, 0) is 0 Å². The minimum absolute atomic E-state index is 0.223. The number of amides is 1.